The summed E-state index contributed by atoms with van der Waals surface area (Å²) in [6, 6.07) is 8.69. The molecule has 1 aliphatic heterocycles. The fraction of sp³-hybridized carbons (Fsp3) is 0.571. The number of anilines is 1. The van der Waals surface area contributed by atoms with Gasteiger partial charge in [0.1, 0.15) is 0 Å². The van der Waals surface area contributed by atoms with Crippen LogP contribution in [0.4, 0.5) is 5.69 Å². The van der Waals surface area contributed by atoms with Gasteiger partial charge in [0.2, 0.25) is 0 Å². The van der Waals surface area contributed by atoms with Crippen LogP contribution in [-0.4, -0.2) is 51.2 Å². The largest absolute Gasteiger partial charge is 0.370 e. The Balaban J connectivity index is 2.04. The van der Waals surface area contributed by atoms with Crippen molar-refractivity contribution in [3.05, 3.63) is 29.3 Å². The minimum atomic E-state index is 0.526. The van der Waals surface area contributed by atoms with Gasteiger partial charge in [0.15, 0.2) is 0 Å². The van der Waals surface area contributed by atoms with Crippen LogP contribution in [-0.2, 0) is 0 Å². The number of nitrogens with zero attached hydrogens (tertiary/aromatic N) is 2. The Morgan fingerprint density at radius 1 is 1.33 bits per heavy atom. The third-order valence-corrected chi connectivity index (χ3v) is 3.51. The second-order valence-electron chi connectivity index (χ2n) is 5.19. The molecule has 1 aromatic rings. The lowest BCUT2D eigenvalue weighted by Crippen LogP contribution is -2.44. The van der Waals surface area contributed by atoms with E-state index in [0.29, 0.717) is 6.04 Å². The molecule has 4 heteroatoms. The molecule has 0 aliphatic carbocycles. The predicted molar refractivity (Wildman–Crippen MR) is 78.6 cm³/mol. The summed E-state index contributed by atoms with van der Waals surface area (Å²) in [5, 5.41) is 4.42. The van der Waals surface area contributed by atoms with Crippen molar-refractivity contribution in [3.8, 4) is 0 Å². The van der Waals surface area contributed by atoms with Gasteiger partial charge in [-0.05, 0) is 51.3 Å². The number of benzene rings is 1. The summed E-state index contributed by atoms with van der Waals surface area (Å²) in [7, 11) is 4.25. The smallest absolute Gasteiger partial charge is 0.0407 e. The van der Waals surface area contributed by atoms with Crippen molar-refractivity contribution in [2.24, 2.45) is 0 Å². The zero-order valence-electron chi connectivity index (χ0n) is 11.2. The quantitative estimate of drug-likeness (QED) is 0.905. The first kappa shape index (κ1) is 13.7. The average molecular weight is 268 g/mol. The van der Waals surface area contributed by atoms with E-state index in [4.69, 9.17) is 11.6 Å². The van der Waals surface area contributed by atoms with E-state index in [0.717, 1.165) is 31.2 Å². The van der Waals surface area contributed by atoms with Crippen LogP contribution in [0.25, 0.3) is 0 Å². The van der Waals surface area contributed by atoms with Crippen molar-refractivity contribution >= 4 is 17.3 Å². The summed E-state index contributed by atoms with van der Waals surface area (Å²) < 4.78 is 0. The minimum Gasteiger partial charge on any atom is -0.370 e. The van der Waals surface area contributed by atoms with E-state index in [9.17, 15) is 0 Å². The van der Waals surface area contributed by atoms with Crippen LogP contribution in [0, 0.1) is 0 Å². The Hall–Kier alpha value is -0.770. The highest BCUT2D eigenvalue weighted by molar-refractivity contribution is 6.30. The topological polar surface area (TPSA) is 18.5 Å². The lowest BCUT2D eigenvalue weighted by Gasteiger charge is -2.28. The normalized spacial score (nSPS) is 21.1. The number of rotatable bonds is 3. The predicted octanol–water partition coefficient (Wildman–Crippen LogP) is 2.07. The average Bonchev–Trinajstić information content (AvgIpc) is 2.55. The van der Waals surface area contributed by atoms with Gasteiger partial charge in [-0.1, -0.05) is 11.6 Å². The molecule has 3 nitrogen and oxygen atoms in total. The van der Waals surface area contributed by atoms with Gasteiger partial charge in [0.25, 0.3) is 0 Å². The van der Waals surface area contributed by atoms with Crippen molar-refractivity contribution < 1.29 is 0 Å². The Kier molecular flexibility index (Phi) is 4.87. The second-order valence-corrected chi connectivity index (χ2v) is 5.63. The van der Waals surface area contributed by atoms with Crippen molar-refractivity contribution in [3.63, 3.8) is 0 Å². The zero-order valence-corrected chi connectivity index (χ0v) is 12.0. The maximum Gasteiger partial charge on any atom is 0.0407 e. The van der Waals surface area contributed by atoms with Crippen LogP contribution in [0.15, 0.2) is 24.3 Å². The highest BCUT2D eigenvalue weighted by Gasteiger charge is 2.18. The Morgan fingerprint density at radius 2 is 2.06 bits per heavy atom. The summed E-state index contributed by atoms with van der Waals surface area (Å²) in [5.41, 5.74) is 1.27. The van der Waals surface area contributed by atoms with Crippen LogP contribution in [0.3, 0.4) is 0 Å². The first-order valence-corrected chi connectivity index (χ1v) is 6.91. The van der Waals surface area contributed by atoms with Gasteiger partial charge in [0, 0.05) is 36.4 Å². The molecule has 1 heterocycles. The molecule has 0 saturated carbocycles. The Morgan fingerprint density at radius 3 is 2.72 bits per heavy atom. The van der Waals surface area contributed by atoms with Crippen molar-refractivity contribution in [2.45, 2.75) is 12.5 Å². The van der Waals surface area contributed by atoms with Gasteiger partial charge >= 0.3 is 0 Å². The number of likely N-dealkylation sites (N-methyl/N-ethyl adjacent to an activating group) is 1. The highest BCUT2D eigenvalue weighted by Crippen LogP contribution is 2.19. The molecule has 1 unspecified atom stereocenters. The summed E-state index contributed by atoms with van der Waals surface area (Å²) in [4.78, 5) is 4.69. The molecule has 0 spiro atoms. The number of hydrogen-bond acceptors (Lipinski definition) is 3. The van der Waals surface area contributed by atoms with E-state index in [1.165, 1.54) is 12.1 Å². The second kappa shape index (κ2) is 6.41. The summed E-state index contributed by atoms with van der Waals surface area (Å²) in [6.45, 7) is 4.34. The van der Waals surface area contributed by atoms with Crippen molar-refractivity contribution in [2.75, 3.05) is 45.2 Å². The Bertz CT molecular complexity index is 364. The number of nitrogens with one attached hydrogen (secondary N) is 1. The fourth-order valence-corrected chi connectivity index (χ4v) is 2.57. The molecule has 0 amide bonds. The maximum absolute atomic E-state index is 5.94. The van der Waals surface area contributed by atoms with Crippen LogP contribution in [0.2, 0.25) is 5.02 Å². The molecular weight excluding hydrogens is 246 g/mol. The molecule has 0 aromatic heterocycles. The van der Waals surface area contributed by atoms with Crippen LogP contribution >= 0.6 is 11.6 Å². The van der Waals surface area contributed by atoms with Crippen molar-refractivity contribution in [1.82, 2.24) is 10.2 Å². The van der Waals surface area contributed by atoms with Crippen LogP contribution < -0.4 is 10.2 Å². The SMILES string of the molecule is CN(C)CC1CN(c2ccc(Cl)cc2)CCCN1. The molecule has 1 aliphatic rings. The van der Waals surface area contributed by atoms with Gasteiger partial charge in [-0.25, -0.2) is 0 Å². The Labute approximate surface area is 115 Å². The molecule has 1 fully saturated rings. The molecular formula is C14H22ClN3. The first-order valence-electron chi connectivity index (χ1n) is 6.54. The number of halogens is 1. The van der Waals surface area contributed by atoms with Gasteiger partial charge < -0.3 is 15.1 Å². The molecule has 0 bridgehead atoms. The molecule has 1 N–H and O–H groups in total. The van der Waals surface area contributed by atoms with E-state index in [1.807, 2.05) is 12.1 Å². The molecule has 18 heavy (non-hydrogen) atoms. The van der Waals surface area contributed by atoms with Gasteiger partial charge in [-0.15, -0.1) is 0 Å². The monoisotopic (exact) mass is 267 g/mol. The molecule has 1 aromatic carbocycles. The van der Waals surface area contributed by atoms with E-state index < -0.39 is 0 Å². The van der Waals surface area contributed by atoms with Crippen molar-refractivity contribution in [1.29, 1.82) is 0 Å². The lowest BCUT2D eigenvalue weighted by atomic mass is 10.2. The lowest BCUT2D eigenvalue weighted by molar-refractivity contribution is 0.346. The van der Waals surface area contributed by atoms with E-state index in [2.05, 4.69) is 41.3 Å². The number of hydrogen-bond donors (Lipinski definition) is 1. The molecule has 2 rings (SSSR count). The van der Waals surface area contributed by atoms with Crippen LogP contribution in [0.1, 0.15) is 6.42 Å². The van der Waals surface area contributed by atoms with Crippen LogP contribution in [0.5, 0.6) is 0 Å². The molecule has 1 atom stereocenters. The molecule has 0 radical (unpaired) electrons. The summed E-state index contributed by atoms with van der Waals surface area (Å²) in [6.07, 6.45) is 1.19. The van der Waals surface area contributed by atoms with Gasteiger partial charge in [-0.2, -0.15) is 0 Å². The summed E-state index contributed by atoms with van der Waals surface area (Å²) >= 11 is 5.94. The maximum atomic E-state index is 5.94. The van der Waals surface area contributed by atoms with E-state index >= 15 is 0 Å². The third-order valence-electron chi connectivity index (χ3n) is 3.26. The van der Waals surface area contributed by atoms with E-state index in [1.54, 1.807) is 0 Å². The zero-order chi connectivity index (χ0) is 13.0. The molecule has 1 saturated heterocycles. The highest BCUT2D eigenvalue weighted by atomic mass is 35.5. The third kappa shape index (κ3) is 3.87. The standard InChI is InChI=1S/C14H22ClN3/c1-17(2)10-13-11-18(9-3-8-16-13)14-6-4-12(15)5-7-14/h4-7,13,16H,3,8-11H2,1-2H3. The van der Waals surface area contributed by atoms with Gasteiger partial charge in [-0.3, -0.25) is 0 Å². The van der Waals surface area contributed by atoms with E-state index in [-0.39, 0.29) is 0 Å². The van der Waals surface area contributed by atoms with Gasteiger partial charge in [0.05, 0.1) is 0 Å². The first-order chi connectivity index (χ1) is 8.65. The minimum absolute atomic E-state index is 0.526. The summed E-state index contributed by atoms with van der Waals surface area (Å²) in [5.74, 6) is 0. The molecule has 100 valence electrons. The fourth-order valence-electron chi connectivity index (χ4n) is 2.45.